The molecule has 1 aromatic carbocycles. The van der Waals surface area contributed by atoms with Gasteiger partial charge < -0.3 is 25.2 Å². The zero-order valence-corrected chi connectivity index (χ0v) is 13.3. The summed E-state index contributed by atoms with van der Waals surface area (Å²) in [6.07, 6.45) is 1.88. The van der Waals surface area contributed by atoms with Crippen LogP contribution in [0.2, 0.25) is 0 Å². The first-order chi connectivity index (χ1) is 11.5. The lowest BCUT2D eigenvalue weighted by molar-refractivity contribution is -0.141. The van der Waals surface area contributed by atoms with E-state index in [1.54, 1.807) is 12.1 Å². The number of unbranched alkanes of at least 4 members (excludes halogenated alkanes) is 1. The van der Waals surface area contributed by atoms with Crippen LogP contribution in [0, 0.1) is 0 Å². The summed E-state index contributed by atoms with van der Waals surface area (Å²) in [6.45, 7) is 1.74. The van der Waals surface area contributed by atoms with Crippen molar-refractivity contribution < 1.29 is 29.0 Å². The van der Waals surface area contributed by atoms with Gasteiger partial charge in [0.25, 0.3) is 5.91 Å². The summed E-state index contributed by atoms with van der Waals surface area (Å²) in [6, 6.07) is 3.75. The van der Waals surface area contributed by atoms with E-state index in [0.29, 0.717) is 29.9 Å². The molecule has 1 aliphatic rings. The normalized spacial score (nSPS) is 13.2. The first kappa shape index (κ1) is 17.6. The Balaban J connectivity index is 1.84. The minimum Gasteiger partial charge on any atom is -0.480 e. The molecule has 2 rings (SSSR count). The molecule has 0 spiro atoms. The first-order valence-electron chi connectivity index (χ1n) is 7.71. The van der Waals surface area contributed by atoms with E-state index in [-0.39, 0.29) is 13.3 Å². The van der Waals surface area contributed by atoms with Gasteiger partial charge in [-0.25, -0.2) is 4.79 Å². The Morgan fingerprint density at radius 2 is 2.00 bits per heavy atom. The number of fused-ring (bicyclic) bond motifs is 1. The Kier molecular flexibility index (Phi) is 6.00. The predicted octanol–water partition coefficient (Wildman–Crippen LogP) is 0.905. The van der Waals surface area contributed by atoms with Crippen LogP contribution >= 0.6 is 0 Å². The number of ether oxygens (including phenoxy) is 2. The summed E-state index contributed by atoms with van der Waals surface area (Å²) in [5.41, 5.74) is 0.327. The lowest BCUT2D eigenvalue weighted by atomic mass is 10.1. The summed E-state index contributed by atoms with van der Waals surface area (Å²) in [5, 5.41) is 13.9. The number of carbonyl (C=O) groups excluding carboxylic acids is 2. The summed E-state index contributed by atoms with van der Waals surface area (Å²) in [4.78, 5) is 34.9. The second-order valence-electron chi connectivity index (χ2n) is 5.35. The van der Waals surface area contributed by atoms with Crippen LogP contribution < -0.4 is 20.1 Å². The molecule has 2 amide bonds. The number of carboxylic acid groups (broad SMARTS) is 1. The van der Waals surface area contributed by atoms with E-state index >= 15 is 0 Å². The van der Waals surface area contributed by atoms with Crippen LogP contribution in [0.4, 0.5) is 0 Å². The number of hydrogen-bond donors (Lipinski definition) is 3. The molecule has 0 aliphatic carbocycles. The van der Waals surface area contributed by atoms with Gasteiger partial charge in [0.05, 0.1) is 6.54 Å². The molecule has 8 heteroatoms. The van der Waals surface area contributed by atoms with Gasteiger partial charge in [-0.3, -0.25) is 9.59 Å². The van der Waals surface area contributed by atoms with Gasteiger partial charge in [-0.15, -0.1) is 0 Å². The Bertz CT molecular complexity index is 631. The molecule has 1 heterocycles. The number of nitrogens with one attached hydrogen (secondary N) is 2. The molecule has 0 aromatic heterocycles. The van der Waals surface area contributed by atoms with Crippen LogP contribution in [-0.4, -0.2) is 42.3 Å². The van der Waals surface area contributed by atoms with Crippen LogP contribution in [0.15, 0.2) is 18.2 Å². The minimum atomic E-state index is -1.08. The van der Waals surface area contributed by atoms with Crippen LogP contribution in [0.1, 0.15) is 36.5 Å². The fourth-order valence-electron chi connectivity index (χ4n) is 2.21. The predicted molar refractivity (Wildman–Crippen MR) is 84.0 cm³/mol. The van der Waals surface area contributed by atoms with Crippen molar-refractivity contribution in [2.45, 2.75) is 32.2 Å². The summed E-state index contributed by atoms with van der Waals surface area (Å²) in [5.74, 6) is -1.06. The van der Waals surface area contributed by atoms with Gasteiger partial charge in [-0.1, -0.05) is 19.8 Å². The zero-order chi connectivity index (χ0) is 17.5. The van der Waals surface area contributed by atoms with Gasteiger partial charge in [0.2, 0.25) is 12.7 Å². The van der Waals surface area contributed by atoms with Crippen molar-refractivity contribution in [3.05, 3.63) is 23.8 Å². The van der Waals surface area contributed by atoms with Gasteiger partial charge in [-0.2, -0.15) is 0 Å². The van der Waals surface area contributed by atoms with Crippen LogP contribution in [-0.2, 0) is 9.59 Å². The number of benzene rings is 1. The second-order valence-corrected chi connectivity index (χ2v) is 5.35. The SMILES string of the molecule is CCCCC(NC(=O)CNC(=O)c1ccc2c(c1)OCO2)C(=O)O. The van der Waals surface area contributed by atoms with Crippen molar-refractivity contribution in [3.63, 3.8) is 0 Å². The molecule has 24 heavy (non-hydrogen) atoms. The van der Waals surface area contributed by atoms with Crippen LogP contribution in [0.5, 0.6) is 11.5 Å². The highest BCUT2D eigenvalue weighted by Gasteiger charge is 2.20. The van der Waals surface area contributed by atoms with Crippen molar-refractivity contribution in [2.75, 3.05) is 13.3 Å². The van der Waals surface area contributed by atoms with Gasteiger partial charge in [0.15, 0.2) is 11.5 Å². The molecular weight excluding hydrogens is 316 g/mol. The van der Waals surface area contributed by atoms with Gasteiger partial charge in [0.1, 0.15) is 6.04 Å². The highest BCUT2D eigenvalue weighted by atomic mass is 16.7. The van der Waals surface area contributed by atoms with E-state index in [1.807, 2.05) is 6.92 Å². The minimum absolute atomic E-state index is 0.108. The van der Waals surface area contributed by atoms with Crippen molar-refractivity contribution >= 4 is 17.8 Å². The molecular formula is C16H20N2O6. The lowest BCUT2D eigenvalue weighted by Crippen LogP contribution is -2.45. The number of amides is 2. The first-order valence-corrected chi connectivity index (χ1v) is 7.71. The highest BCUT2D eigenvalue weighted by molar-refractivity contribution is 5.97. The molecule has 1 unspecified atom stereocenters. The monoisotopic (exact) mass is 336 g/mol. The molecule has 8 nitrogen and oxygen atoms in total. The summed E-state index contributed by atoms with van der Waals surface area (Å²) >= 11 is 0. The molecule has 1 atom stereocenters. The van der Waals surface area contributed by atoms with E-state index in [1.165, 1.54) is 6.07 Å². The number of carboxylic acids is 1. The van der Waals surface area contributed by atoms with Crippen molar-refractivity contribution in [1.29, 1.82) is 0 Å². The maximum atomic E-state index is 12.0. The van der Waals surface area contributed by atoms with E-state index in [2.05, 4.69) is 10.6 Å². The fourth-order valence-corrected chi connectivity index (χ4v) is 2.21. The molecule has 0 fully saturated rings. The standard InChI is InChI=1S/C16H20N2O6/c1-2-3-4-11(16(21)22)18-14(19)8-17-15(20)10-5-6-12-13(7-10)24-9-23-12/h5-7,11H,2-4,8-9H2,1H3,(H,17,20)(H,18,19)(H,21,22). The Morgan fingerprint density at radius 1 is 1.25 bits per heavy atom. The second kappa shape index (κ2) is 8.19. The molecule has 1 aliphatic heterocycles. The van der Waals surface area contributed by atoms with Gasteiger partial charge >= 0.3 is 5.97 Å². The molecule has 1 aromatic rings. The van der Waals surface area contributed by atoms with Crippen molar-refractivity contribution in [1.82, 2.24) is 10.6 Å². The zero-order valence-electron chi connectivity index (χ0n) is 13.3. The fraction of sp³-hybridized carbons (Fsp3) is 0.438. The molecule has 0 saturated heterocycles. The van der Waals surface area contributed by atoms with Gasteiger partial charge in [0, 0.05) is 5.56 Å². The van der Waals surface area contributed by atoms with Crippen LogP contribution in [0.3, 0.4) is 0 Å². The lowest BCUT2D eigenvalue weighted by Gasteiger charge is -2.14. The van der Waals surface area contributed by atoms with Crippen molar-refractivity contribution in [2.24, 2.45) is 0 Å². The number of rotatable bonds is 8. The third kappa shape index (κ3) is 4.61. The third-order valence-corrected chi connectivity index (χ3v) is 3.52. The number of hydrogen-bond acceptors (Lipinski definition) is 5. The summed E-state index contributed by atoms with van der Waals surface area (Å²) in [7, 11) is 0. The molecule has 0 saturated carbocycles. The van der Waals surface area contributed by atoms with Crippen LogP contribution in [0.25, 0.3) is 0 Å². The Labute approximate surface area is 139 Å². The Hall–Kier alpha value is -2.77. The molecule has 130 valence electrons. The smallest absolute Gasteiger partial charge is 0.326 e. The quantitative estimate of drug-likeness (QED) is 0.650. The van der Waals surface area contributed by atoms with Crippen molar-refractivity contribution in [3.8, 4) is 11.5 Å². The topological polar surface area (TPSA) is 114 Å². The maximum absolute atomic E-state index is 12.0. The number of aliphatic carboxylic acids is 1. The van der Waals surface area contributed by atoms with Gasteiger partial charge in [-0.05, 0) is 24.6 Å². The maximum Gasteiger partial charge on any atom is 0.326 e. The highest BCUT2D eigenvalue weighted by Crippen LogP contribution is 2.32. The average molecular weight is 336 g/mol. The number of carbonyl (C=O) groups is 3. The van der Waals surface area contributed by atoms with E-state index in [4.69, 9.17) is 14.6 Å². The largest absolute Gasteiger partial charge is 0.480 e. The molecule has 0 bridgehead atoms. The van der Waals surface area contributed by atoms with E-state index in [9.17, 15) is 14.4 Å². The van der Waals surface area contributed by atoms with E-state index < -0.39 is 23.8 Å². The molecule has 0 radical (unpaired) electrons. The average Bonchev–Trinajstić information content (AvgIpc) is 3.03. The third-order valence-electron chi connectivity index (χ3n) is 3.52. The Morgan fingerprint density at radius 3 is 2.71 bits per heavy atom. The molecule has 3 N–H and O–H groups in total. The van der Waals surface area contributed by atoms with E-state index in [0.717, 1.165) is 6.42 Å². The summed E-state index contributed by atoms with van der Waals surface area (Å²) < 4.78 is 10.3.